The quantitative estimate of drug-likeness (QED) is 0.522. The number of likely N-dealkylation sites (N-methyl/N-ethyl adjacent to an activating group) is 1. The van der Waals surface area contributed by atoms with Gasteiger partial charge in [0.05, 0.1) is 11.7 Å². The van der Waals surface area contributed by atoms with E-state index in [1.165, 1.54) is 18.2 Å². The Labute approximate surface area is 93.4 Å². The minimum atomic E-state index is -1.09. The van der Waals surface area contributed by atoms with E-state index in [0.29, 0.717) is 11.8 Å². The van der Waals surface area contributed by atoms with Crippen molar-refractivity contribution in [1.82, 2.24) is 5.32 Å². The molecule has 1 aromatic carbocycles. The lowest BCUT2D eigenvalue weighted by molar-refractivity contribution is 0.0202. The van der Waals surface area contributed by atoms with E-state index < -0.39 is 12.2 Å². The van der Waals surface area contributed by atoms with E-state index in [4.69, 9.17) is 0 Å². The fraction of sp³-hybridized carbons (Fsp3) is 0.364. The minimum absolute atomic E-state index is 0.0909. The molecule has 0 aliphatic carbocycles. The summed E-state index contributed by atoms with van der Waals surface area (Å²) in [7, 11) is 1.66. The number of rotatable bonds is 5. The maximum Gasteiger partial charge on any atom is 0.153 e. The number of hydrogen-bond acceptors (Lipinski definition) is 5. The molecule has 1 rings (SSSR count). The first-order valence-electron chi connectivity index (χ1n) is 4.89. The van der Waals surface area contributed by atoms with Crippen LogP contribution in [0, 0.1) is 0 Å². The smallest absolute Gasteiger partial charge is 0.153 e. The maximum atomic E-state index is 10.6. The molecule has 5 heteroatoms. The molecular formula is C11H15NO4. The molecule has 0 heterocycles. The highest BCUT2D eigenvalue weighted by Crippen LogP contribution is 2.22. The number of phenolic OH excluding ortho intramolecular Hbond substituents is 1. The normalized spacial score (nSPS) is 14.4. The lowest BCUT2D eigenvalue weighted by Crippen LogP contribution is -2.29. The molecule has 0 saturated heterocycles. The average molecular weight is 225 g/mol. The van der Waals surface area contributed by atoms with Crippen LogP contribution in [-0.2, 0) is 0 Å². The Balaban J connectivity index is 2.91. The number of nitrogens with one attached hydrogen (secondary N) is 1. The second-order valence-electron chi connectivity index (χ2n) is 3.51. The fourth-order valence-electron chi connectivity index (χ4n) is 1.39. The zero-order valence-corrected chi connectivity index (χ0v) is 8.92. The van der Waals surface area contributed by atoms with Gasteiger partial charge in [-0.15, -0.1) is 0 Å². The van der Waals surface area contributed by atoms with Crippen LogP contribution >= 0.6 is 0 Å². The zero-order chi connectivity index (χ0) is 12.1. The lowest BCUT2D eigenvalue weighted by Gasteiger charge is -2.18. The van der Waals surface area contributed by atoms with Crippen molar-refractivity contribution in [3.63, 3.8) is 0 Å². The van der Waals surface area contributed by atoms with Crippen LogP contribution in [-0.4, -0.2) is 41.3 Å². The van der Waals surface area contributed by atoms with Gasteiger partial charge >= 0.3 is 0 Å². The molecule has 0 spiro atoms. The van der Waals surface area contributed by atoms with Crippen LogP contribution < -0.4 is 5.32 Å². The number of aliphatic hydroxyl groups excluding tert-OH is 2. The number of phenols is 1. The second-order valence-corrected chi connectivity index (χ2v) is 3.51. The van der Waals surface area contributed by atoms with Crippen LogP contribution in [0.5, 0.6) is 5.75 Å². The molecule has 5 nitrogen and oxygen atoms in total. The van der Waals surface area contributed by atoms with Crippen molar-refractivity contribution in [3.8, 4) is 5.75 Å². The van der Waals surface area contributed by atoms with Crippen LogP contribution in [0.25, 0.3) is 0 Å². The van der Waals surface area contributed by atoms with E-state index in [-0.39, 0.29) is 17.9 Å². The van der Waals surface area contributed by atoms with Gasteiger partial charge < -0.3 is 20.6 Å². The summed E-state index contributed by atoms with van der Waals surface area (Å²) in [6.07, 6.45) is -1.56. The van der Waals surface area contributed by atoms with Crippen molar-refractivity contribution < 1.29 is 20.1 Å². The number of aldehydes is 1. The summed E-state index contributed by atoms with van der Waals surface area (Å²) in [6.45, 7) is 0.235. The third kappa shape index (κ3) is 2.79. The van der Waals surface area contributed by atoms with Gasteiger partial charge in [0, 0.05) is 6.54 Å². The Hall–Kier alpha value is -1.43. The molecule has 0 bridgehead atoms. The maximum absolute atomic E-state index is 10.6. The van der Waals surface area contributed by atoms with Crippen LogP contribution in [0.2, 0.25) is 0 Å². The number of hydrogen-bond donors (Lipinski definition) is 4. The highest BCUT2D eigenvalue weighted by atomic mass is 16.3. The molecule has 0 aromatic heterocycles. The van der Waals surface area contributed by atoms with E-state index in [2.05, 4.69) is 5.32 Å². The van der Waals surface area contributed by atoms with Crippen molar-refractivity contribution in [3.05, 3.63) is 29.3 Å². The van der Waals surface area contributed by atoms with E-state index in [1.54, 1.807) is 7.05 Å². The molecule has 2 unspecified atom stereocenters. The summed E-state index contributed by atoms with van der Waals surface area (Å²) in [6, 6.07) is 4.13. The van der Waals surface area contributed by atoms with E-state index in [0.717, 1.165) is 0 Å². The zero-order valence-electron chi connectivity index (χ0n) is 8.92. The third-order valence-electron chi connectivity index (χ3n) is 2.30. The number of carbonyl (C=O) groups is 1. The van der Waals surface area contributed by atoms with Gasteiger partial charge in [0.2, 0.25) is 0 Å². The van der Waals surface area contributed by atoms with E-state index in [1.807, 2.05) is 0 Å². The molecule has 0 aliphatic heterocycles. The molecule has 88 valence electrons. The van der Waals surface area contributed by atoms with E-state index in [9.17, 15) is 20.1 Å². The Bertz CT molecular complexity index is 367. The SMILES string of the molecule is CNCC(O)C(O)c1ccc(O)c(C=O)c1. The van der Waals surface area contributed by atoms with E-state index >= 15 is 0 Å². The first-order chi connectivity index (χ1) is 7.60. The van der Waals surface area contributed by atoms with Crippen LogP contribution in [0.4, 0.5) is 0 Å². The van der Waals surface area contributed by atoms with Crippen LogP contribution in [0.3, 0.4) is 0 Å². The van der Waals surface area contributed by atoms with Gasteiger partial charge in [0.25, 0.3) is 0 Å². The monoisotopic (exact) mass is 225 g/mol. The predicted molar refractivity (Wildman–Crippen MR) is 58.4 cm³/mol. The number of benzene rings is 1. The summed E-state index contributed by atoms with van der Waals surface area (Å²) < 4.78 is 0. The second kappa shape index (κ2) is 5.60. The van der Waals surface area contributed by atoms with Gasteiger partial charge in [0.15, 0.2) is 6.29 Å². The van der Waals surface area contributed by atoms with Crippen LogP contribution in [0.15, 0.2) is 18.2 Å². The van der Waals surface area contributed by atoms with Crippen molar-refractivity contribution in [2.75, 3.05) is 13.6 Å². The van der Waals surface area contributed by atoms with Gasteiger partial charge in [-0.25, -0.2) is 0 Å². The van der Waals surface area contributed by atoms with Crippen LogP contribution in [0.1, 0.15) is 22.0 Å². The minimum Gasteiger partial charge on any atom is -0.507 e. The topological polar surface area (TPSA) is 89.8 Å². The number of carbonyl (C=O) groups excluding carboxylic acids is 1. The standard InChI is InChI=1S/C11H15NO4/c1-12-5-10(15)11(16)7-2-3-9(14)8(4-7)6-13/h2-4,6,10-12,14-16H,5H2,1H3. The Morgan fingerprint density at radius 3 is 2.69 bits per heavy atom. The summed E-state index contributed by atoms with van der Waals surface area (Å²) in [5.41, 5.74) is 0.482. The number of aromatic hydroxyl groups is 1. The average Bonchev–Trinajstić information content (AvgIpc) is 2.29. The van der Waals surface area contributed by atoms with Gasteiger partial charge in [-0.3, -0.25) is 4.79 Å². The summed E-state index contributed by atoms with van der Waals surface area (Å²) in [4.78, 5) is 10.6. The summed E-state index contributed by atoms with van der Waals surface area (Å²) >= 11 is 0. The molecule has 0 saturated carbocycles. The third-order valence-corrected chi connectivity index (χ3v) is 2.30. The molecule has 1 aromatic rings. The molecule has 0 aliphatic rings. The molecule has 0 fully saturated rings. The summed E-state index contributed by atoms with van der Waals surface area (Å²) in [5.74, 6) is -0.144. The van der Waals surface area contributed by atoms with Gasteiger partial charge in [-0.1, -0.05) is 6.07 Å². The van der Waals surface area contributed by atoms with Crippen molar-refractivity contribution in [2.45, 2.75) is 12.2 Å². The molecule has 0 radical (unpaired) electrons. The highest BCUT2D eigenvalue weighted by molar-refractivity contribution is 5.79. The van der Waals surface area contributed by atoms with Gasteiger partial charge in [-0.05, 0) is 24.7 Å². The molecule has 2 atom stereocenters. The van der Waals surface area contributed by atoms with Crippen molar-refractivity contribution in [2.24, 2.45) is 0 Å². The number of aliphatic hydroxyl groups is 2. The molecule has 0 amide bonds. The summed E-state index contributed by atoms with van der Waals surface area (Å²) in [5, 5.41) is 31.3. The highest BCUT2D eigenvalue weighted by Gasteiger charge is 2.18. The van der Waals surface area contributed by atoms with Gasteiger partial charge in [0.1, 0.15) is 11.9 Å². The Kier molecular flexibility index (Phi) is 4.42. The Morgan fingerprint density at radius 1 is 1.44 bits per heavy atom. The molecular weight excluding hydrogens is 210 g/mol. The fourth-order valence-corrected chi connectivity index (χ4v) is 1.39. The first-order valence-corrected chi connectivity index (χ1v) is 4.89. The molecule has 4 N–H and O–H groups in total. The van der Waals surface area contributed by atoms with Crippen molar-refractivity contribution in [1.29, 1.82) is 0 Å². The molecule has 16 heavy (non-hydrogen) atoms. The predicted octanol–water partition coefficient (Wildman–Crippen LogP) is -0.182. The van der Waals surface area contributed by atoms with Crippen molar-refractivity contribution >= 4 is 6.29 Å². The Morgan fingerprint density at radius 2 is 2.12 bits per heavy atom. The largest absolute Gasteiger partial charge is 0.507 e. The lowest BCUT2D eigenvalue weighted by atomic mass is 10.0. The first kappa shape index (κ1) is 12.6. The van der Waals surface area contributed by atoms with Gasteiger partial charge in [-0.2, -0.15) is 0 Å².